The van der Waals surface area contributed by atoms with Gasteiger partial charge in [-0.15, -0.1) is 0 Å². The number of nitrogens with zero attached hydrogens (tertiary/aromatic N) is 1. The number of amides is 1. The highest BCUT2D eigenvalue weighted by molar-refractivity contribution is 9.09. The largest absolute Gasteiger partial charge is 0.496 e. The second kappa shape index (κ2) is 6.42. The Morgan fingerprint density at radius 2 is 2.21 bits per heavy atom. The molecule has 0 unspecified atom stereocenters. The third-order valence-electron chi connectivity index (χ3n) is 3.69. The van der Waals surface area contributed by atoms with Crippen molar-refractivity contribution in [3.63, 3.8) is 0 Å². The zero-order valence-electron chi connectivity index (χ0n) is 11.5. The number of carbonyl (C=O) groups is 1. The summed E-state index contributed by atoms with van der Waals surface area (Å²) in [6, 6.07) is 6.15. The van der Waals surface area contributed by atoms with Crippen LogP contribution in [-0.2, 0) is 0 Å². The average Bonchev–Trinajstić information content (AvgIpc) is 2.35. The molecule has 2 rings (SSSR count). The summed E-state index contributed by atoms with van der Waals surface area (Å²) in [5.41, 5.74) is 1.76. The molecule has 1 fully saturated rings. The van der Waals surface area contributed by atoms with Crippen LogP contribution in [0.2, 0.25) is 0 Å². The van der Waals surface area contributed by atoms with Gasteiger partial charge in [-0.2, -0.15) is 0 Å². The molecule has 0 heterocycles. The number of carbonyl (C=O) groups excluding carboxylic acids is 1. The molecule has 0 saturated heterocycles. The van der Waals surface area contributed by atoms with Crippen molar-refractivity contribution in [1.29, 1.82) is 0 Å². The monoisotopic (exact) mass is 325 g/mol. The molecule has 19 heavy (non-hydrogen) atoms. The van der Waals surface area contributed by atoms with E-state index in [1.165, 1.54) is 6.42 Å². The minimum absolute atomic E-state index is 0.0877. The van der Waals surface area contributed by atoms with Crippen molar-refractivity contribution in [2.75, 3.05) is 19.0 Å². The Hall–Kier alpha value is -1.03. The summed E-state index contributed by atoms with van der Waals surface area (Å²) < 4.78 is 5.32. The molecule has 4 heteroatoms. The summed E-state index contributed by atoms with van der Waals surface area (Å²) in [6.07, 6.45) is 3.46. The maximum Gasteiger partial charge on any atom is 0.257 e. The molecule has 1 amide bonds. The molecule has 1 aromatic carbocycles. The molecule has 104 valence electrons. The molecule has 0 radical (unpaired) electrons. The van der Waals surface area contributed by atoms with Crippen molar-refractivity contribution in [2.45, 2.75) is 32.2 Å². The third kappa shape index (κ3) is 3.11. The van der Waals surface area contributed by atoms with Crippen LogP contribution in [0.25, 0.3) is 0 Å². The molecule has 1 aliphatic rings. The number of rotatable bonds is 5. The van der Waals surface area contributed by atoms with Crippen LogP contribution in [0.15, 0.2) is 18.2 Å². The molecule has 0 aromatic heterocycles. The van der Waals surface area contributed by atoms with E-state index in [4.69, 9.17) is 4.74 Å². The van der Waals surface area contributed by atoms with E-state index in [1.54, 1.807) is 7.11 Å². The summed E-state index contributed by atoms with van der Waals surface area (Å²) in [7, 11) is 1.61. The van der Waals surface area contributed by atoms with E-state index in [0.29, 0.717) is 17.4 Å². The van der Waals surface area contributed by atoms with Crippen molar-refractivity contribution in [3.05, 3.63) is 29.3 Å². The van der Waals surface area contributed by atoms with Gasteiger partial charge in [0.2, 0.25) is 0 Å². The Bertz CT molecular complexity index is 457. The number of hydrogen-bond donors (Lipinski definition) is 0. The zero-order chi connectivity index (χ0) is 13.8. The normalized spacial score (nSPS) is 14.9. The van der Waals surface area contributed by atoms with E-state index in [9.17, 15) is 4.79 Å². The number of hydrogen-bond acceptors (Lipinski definition) is 2. The van der Waals surface area contributed by atoms with E-state index in [0.717, 1.165) is 30.3 Å². The van der Waals surface area contributed by atoms with Crippen LogP contribution < -0.4 is 4.74 Å². The van der Waals surface area contributed by atoms with Crippen LogP contribution in [-0.4, -0.2) is 35.8 Å². The summed E-state index contributed by atoms with van der Waals surface area (Å²) >= 11 is 3.44. The Kier molecular flexibility index (Phi) is 4.86. The van der Waals surface area contributed by atoms with Gasteiger partial charge < -0.3 is 9.64 Å². The minimum Gasteiger partial charge on any atom is -0.496 e. The van der Waals surface area contributed by atoms with Gasteiger partial charge in [-0.1, -0.05) is 27.6 Å². The van der Waals surface area contributed by atoms with Gasteiger partial charge in [0.25, 0.3) is 5.91 Å². The lowest BCUT2D eigenvalue weighted by Crippen LogP contribution is -2.45. The molecule has 1 aliphatic carbocycles. The predicted octanol–water partition coefficient (Wildman–Crippen LogP) is 3.39. The lowest BCUT2D eigenvalue weighted by Gasteiger charge is -2.37. The maximum absolute atomic E-state index is 12.7. The van der Waals surface area contributed by atoms with Gasteiger partial charge >= 0.3 is 0 Å². The first-order valence-electron chi connectivity index (χ1n) is 6.69. The average molecular weight is 326 g/mol. The fraction of sp³-hybridized carbons (Fsp3) is 0.533. The van der Waals surface area contributed by atoms with Crippen molar-refractivity contribution >= 4 is 21.8 Å². The van der Waals surface area contributed by atoms with E-state index in [1.807, 2.05) is 30.0 Å². The first-order chi connectivity index (χ1) is 9.17. The Labute approximate surface area is 123 Å². The lowest BCUT2D eigenvalue weighted by molar-refractivity contribution is 0.0596. The van der Waals surface area contributed by atoms with Crippen LogP contribution >= 0.6 is 15.9 Å². The highest BCUT2D eigenvalue weighted by Crippen LogP contribution is 2.29. The van der Waals surface area contributed by atoms with E-state index in [-0.39, 0.29) is 5.91 Å². The van der Waals surface area contributed by atoms with Crippen LogP contribution in [0.3, 0.4) is 0 Å². The summed E-state index contributed by atoms with van der Waals surface area (Å²) in [6.45, 7) is 2.75. The van der Waals surface area contributed by atoms with Crippen LogP contribution in [0, 0.1) is 6.92 Å². The molecule has 0 bridgehead atoms. The van der Waals surface area contributed by atoms with Crippen molar-refractivity contribution < 1.29 is 9.53 Å². The second-order valence-electron chi connectivity index (χ2n) is 4.98. The van der Waals surface area contributed by atoms with Gasteiger partial charge in [0.05, 0.1) is 12.7 Å². The smallest absolute Gasteiger partial charge is 0.257 e. The van der Waals surface area contributed by atoms with Crippen molar-refractivity contribution in [2.24, 2.45) is 0 Å². The molecule has 0 aliphatic heterocycles. The predicted molar refractivity (Wildman–Crippen MR) is 80.2 cm³/mol. The van der Waals surface area contributed by atoms with Gasteiger partial charge in [-0.25, -0.2) is 0 Å². The fourth-order valence-corrected chi connectivity index (χ4v) is 2.77. The second-order valence-corrected chi connectivity index (χ2v) is 5.77. The Balaban J connectivity index is 2.27. The highest BCUT2D eigenvalue weighted by Gasteiger charge is 2.30. The Morgan fingerprint density at radius 1 is 1.47 bits per heavy atom. The molecular weight excluding hydrogens is 306 g/mol. The third-order valence-corrected chi connectivity index (χ3v) is 4.04. The van der Waals surface area contributed by atoms with Crippen LogP contribution in [0.4, 0.5) is 0 Å². The molecule has 1 saturated carbocycles. The number of methoxy groups -OCH3 is 1. The van der Waals surface area contributed by atoms with Crippen molar-refractivity contribution in [1.82, 2.24) is 4.90 Å². The molecule has 0 atom stereocenters. The fourth-order valence-electron chi connectivity index (χ4n) is 2.38. The summed E-state index contributed by atoms with van der Waals surface area (Å²) in [5, 5.41) is 0.809. The minimum atomic E-state index is 0.0877. The molecule has 3 nitrogen and oxygen atoms in total. The topological polar surface area (TPSA) is 29.5 Å². The van der Waals surface area contributed by atoms with Crippen LogP contribution in [0.5, 0.6) is 5.75 Å². The van der Waals surface area contributed by atoms with E-state index < -0.39 is 0 Å². The number of ether oxygens (including phenoxy) is 1. The quantitative estimate of drug-likeness (QED) is 0.776. The van der Waals surface area contributed by atoms with E-state index in [2.05, 4.69) is 15.9 Å². The molecule has 0 N–H and O–H groups in total. The summed E-state index contributed by atoms with van der Waals surface area (Å²) in [5.74, 6) is 0.749. The number of alkyl halides is 1. The Morgan fingerprint density at radius 3 is 2.74 bits per heavy atom. The molecule has 0 spiro atoms. The van der Waals surface area contributed by atoms with Crippen molar-refractivity contribution in [3.8, 4) is 5.75 Å². The first-order valence-corrected chi connectivity index (χ1v) is 7.81. The highest BCUT2D eigenvalue weighted by atomic mass is 79.9. The molecule has 1 aromatic rings. The standard InChI is InChI=1S/C15H20BrNO2/c1-11-6-7-14(19-2)13(10-11)15(18)17(9-8-16)12-4-3-5-12/h6-7,10,12H,3-5,8-9H2,1-2H3. The summed E-state index contributed by atoms with van der Waals surface area (Å²) in [4.78, 5) is 14.7. The van der Waals surface area contributed by atoms with E-state index >= 15 is 0 Å². The molecular formula is C15H20BrNO2. The zero-order valence-corrected chi connectivity index (χ0v) is 13.1. The first kappa shape index (κ1) is 14.4. The van der Waals surface area contributed by atoms with Gasteiger partial charge in [0.15, 0.2) is 0 Å². The van der Waals surface area contributed by atoms with Gasteiger partial charge in [-0.3, -0.25) is 4.79 Å². The van der Waals surface area contributed by atoms with Gasteiger partial charge in [0, 0.05) is 17.9 Å². The maximum atomic E-state index is 12.7. The number of aryl methyl sites for hydroxylation is 1. The SMILES string of the molecule is COc1ccc(C)cc1C(=O)N(CCBr)C1CCC1. The lowest BCUT2D eigenvalue weighted by atomic mass is 9.91. The van der Waals surface area contributed by atoms with Crippen LogP contribution in [0.1, 0.15) is 35.2 Å². The van der Waals surface area contributed by atoms with Gasteiger partial charge in [0.1, 0.15) is 5.75 Å². The number of benzene rings is 1. The number of halogens is 1. The van der Waals surface area contributed by atoms with Gasteiger partial charge in [-0.05, 0) is 38.3 Å².